The first-order valence-corrected chi connectivity index (χ1v) is 6.13. The van der Waals surface area contributed by atoms with Crippen LogP contribution in [-0.2, 0) is 0 Å². The van der Waals surface area contributed by atoms with Crippen LogP contribution in [0.2, 0.25) is 0 Å². The van der Waals surface area contributed by atoms with Gasteiger partial charge in [-0.1, -0.05) is 12.1 Å². The maximum Gasteiger partial charge on any atom is 0.264 e. The number of aryl methyl sites for hydroxylation is 1. The van der Waals surface area contributed by atoms with Crippen LogP contribution in [0.15, 0.2) is 36.4 Å². The van der Waals surface area contributed by atoms with Gasteiger partial charge >= 0.3 is 0 Å². The van der Waals surface area contributed by atoms with Crippen LogP contribution in [0.25, 0.3) is 10.9 Å². The third-order valence-corrected chi connectivity index (χ3v) is 2.16. The number of fused-ring (bicyclic) bond motifs is 1. The van der Waals surface area contributed by atoms with E-state index in [2.05, 4.69) is 12.1 Å². The normalized spacial score (nSPS) is 10.8. The number of rotatable bonds is 1. The summed E-state index contributed by atoms with van der Waals surface area (Å²) in [6, 6.07) is 12.3. The quantitative estimate of drug-likeness (QED) is 0.507. The van der Waals surface area contributed by atoms with E-state index in [9.17, 15) is 0 Å². The van der Waals surface area contributed by atoms with Gasteiger partial charge < -0.3 is 0 Å². The van der Waals surface area contributed by atoms with Gasteiger partial charge in [0.1, 0.15) is 7.11 Å². The lowest BCUT2D eigenvalue weighted by Gasteiger charge is -2.17. The maximum atomic E-state index is 8.49. The molecule has 1 heterocycles. The monoisotopic (exact) mass is 273 g/mol. The fourth-order valence-corrected chi connectivity index (χ4v) is 1.52. The summed E-state index contributed by atoms with van der Waals surface area (Å²) in [5.74, 6) is 0. The summed E-state index contributed by atoms with van der Waals surface area (Å²) in [7, 11) is -3.26. The van der Waals surface area contributed by atoms with Gasteiger partial charge in [0.05, 0.1) is 5.39 Å². The predicted octanol–water partition coefficient (Wildman–Crippen LogP) is -3.26. The predicted molar refractivity (Wildman–Crippen MR) is 51.4 cm³/mol. The number of para-hydroxylation sites is 1. The Labute approximate surface area is 106 Å². The molecule has 0 aliphatic heterocycles. The van der Waals surface area contributed by atoms with Crippen molar-refractivity contribution in [3.8, 4) is 0 Å². The standard InChI is InChI=1S/C11H12NO.ClHO4/c1-9-7-8-10-5-3-4-6-11(10)12(9)13-2;2-1(3,4)5/h3-8H,1-2H3;(H,2,3,4,5)/q+1;/p-1. The third-order valence-electron chi connectivity index (χ3n) is 2.16. The van der Waals surface area contributed by atoms with Crippen molar-refractivity contribution in [1.29, 1.82) is 0 Å². The minimum absolute atomic E-state index is 1.10. The number of hydrogen-bond acceptors (Lipinski definition) is 5. The van der Waals surface area contributed by atoms with E-state index in [4.69, 9.17) is 23.5 Å². The Morgan fingerprint density at radius 2 is 1.56 bits per heavy atom. The molecular weight excluding hydrogens is 262 g/mol. The molecule has 0 radical (unpaired) electrons. The molecule has 7 heteroatoms. The van der Waals surface area contributed by atoms with Gasteiger partial charge in [0, 0.05) is 23.8 Å². The first kappa shape index (κ1) is 14.6. The van der Waals surface area contributed by atoms with E-state index >= 15 is 0 Å². The fourth-order valence-electron chi connectivity index (χ4n) is 1.52. The topological polar surface area (TPSA) is 105 Å². The number of pyridine rings is 1. The fraction of sp³-hybridized carbons (Fsp3) is 0.182. The number of hydrogen-bond donors (Lipinski definition) is 0. The lowest BCUT2D eigenvalue weighted by molar-refractivity contribution is -2.00. The molecule has 98 valence electrons. The molecule has 0 aliphatic rings. The zero-order chi connectivity index (χ0) is 13.8. The zero-order valence-corrected chi connectivity index (χ0v) is 10.6. The summed E-state index contributed by atoms with van der Waals surface area (Å²) in [6.45, 7) is 2.02. The second kappa shape index (κ2) is 5.94. The Bertz CT molecular complexity index is 520. The van der Waals surface area contributed by atoms with E-state index in [1.54, 1.807) is 7.11 Å². The lowest BCUT2D eigenvalue weighted by atomic mass is 10.2. The average molecular weight is 274 g/mol. The van der Waals surface area contributed by atoms with Crippen LogP contribution in [0.4, 0.5) is 0 Å². The number of halogens is 1. The molecular formula is C11H12ClNO5. The molecule has 0 amide bonds. The highest BCUT2D eigenvalue weighted by Gasteiger charge is 2.11. The van der Waals surface area contributed by atoms with E-state index in [0.29, 0.717) is 0 Å². The van der Waals surface area contributed by atoms with Crippen molar-refractivity contribution in [2.24, 2.45) is 0 Å². The van der Waals surface area contributed by atoms with Crippen LogP contribution >= 0.6 is 0 Å². The van der Waals surface area contributed by atoms with Crippen molar-refractivity contribution in [2.75, 3.05) is 7.11 Å². The van der Waals surface area contributed by atoms with E-state index in [1.807, 2.05) is 35.9 Å². The molecule has 0 spiro atoms. The Hall–Kier alpha value is -1.44. The van der Waals surface area contributed by atoms with Gasteiger partial charge in [0.2, 0.25) is 5.69 Å². The second-order valence-electron chi connectivity index (χ2n) is 3.39. The van der Waals surface area contributed by atoms with Crippen molar-refractivity contribution in [3.63, 3.8) is 0 Å². The molecule has 0 fully saturated rings. The van der Waals surface area contributed by atoms with Crippen molar-refractivity contribution in [2.45, 2.75) is 6.92 Å². The van der Waals surface area contributed by atoms with Crippen LogP contribution in [0.1, 0.15) is 5.69 Å². The third kappa shape index (κ3) is 4.44. The number of aromatic nitrogens is 1. The smallest absolute Gasteiger partial charge is 0.264 e. The summed E-state index contributed by atoms with van der Waals surface area (Å²) in [5, 5.41) is 1.19. The van der Waals surface area contributed by atoms with Gasteiger partial charge in [-0.25, -0.2) is 18.6 Å². The molecule has 1 aromatic carbocycles. The van der Waals surface area contributed by atoms with E-state index in [0.717, 1.165) is 11.2 Å². The van der Waals surface area contributed by atoms with Crippen molar-refractivity contribution in [1.82, 2.24) is 0 Å². The van der Waals surface area contributed by atoms with Crippen LogP contribution in [0, 0.1) is 17.2 Å². The summed E-state index contributed by atoms with van der Waals surface area (Å²) in [5.41, 5.74) is 2.20. The molecule has 0 saturated heterocycles. The van der Waals surface area contributed by atoms with Crippen molar-refractivity contribution in [3.05, 3.63) is 42.1 Å². The lowest BCUT2D eigenvalue weighted by Crippen LogP contribution is -2.68. The van der Waals surface area contributed by atoms with Crippen LogP contribution in [-0.4, -0.2) is 7.11 Å². The molecule has 0 N–H and O–H groups in total. The molecule has 0 saturated carbocycles. The van der Waals surface area contributed by atoms with E-state index in [-0.39, 0.29) is 0 Å². The summed E-state index contributed by atoms with van der Waals surface area (Å²) in [4.78, 5) is 5.27. The van der Waals surface area contributed by atoms with Gasteiger partial charge in [-0.15, -0.1) is 10.2 Å². The second-order valence-corrected chi connectivity index (χ2v) is 4.14. The van der Waals surface area contributed by atoms with Crippen LogP contribution in [0.5, 0.6) is 0 Å². The van der Waals surface area contributed by atoms with Gasteiger partial charge in [0.25, 0.3) is 5.52 Å². The minimum atomic E-state index is -4.94. The van der Waals surface area contributed by atoms with Crippen LogP contribution < -0.4 is 28.2 Å². The first-order valence-electron chi connectivity index (χ1n) is 4.89. The zero-order valence-electron chi connectivity index (χ0n) is 9.83. The van der Waals surface area contributed by atoms with Gasteiger partial charge in [-0.2, -0.15) is 0 Å². The summed E-state index contributed by atoms with van der Waals surface area (Å²) >= 11 is 0. The van der Waals surface area contributed by atoms with Crippen molar-refractivity contribution < 1.29 is 38.4 Å². The van der Waals surface area contributed by atoms with Crippen molar-refractivity contribution >= 4 is 10.9 Å². The largest absolute Gasteiger partial charge is 0.274 e. The maximum absolute atomic E-state index is 8.49. The summed E-state index contributed by atoms with van der Waals surface area (Å²) < 4.78 is 35.8. The SMILES string of the molecule is CO[n+]1c(C)ccc2ccccc21.[O-][Cl+3]([O-])([O-])[O-]. The molecule has 2 aromatic rings. The van der Waals surface area contributed by atoms with Gasteiger partial charge in [-0.05, 0) is 12.1 Å². The molecule has 0 aliphatic carbocycles. The van der Waals surface area contributed by atoms with E-state index < -0.39 is 10.2 Å². The van der Waals surface area contributed by atoms with Gasteiger partial charge in [-0.3, -0.25) is 4.84 Å². The average Bonchev–Trinajstić information content (AvgIpc) is 2.27. The molecule has 1 aromatic heterocycles. The molecule has 18 heavy (non-hydrogen) atoms. The first-order chi connectivity index (χ1) is 8.33. The summed E-state index contributed by atoms with van der Waals surface area (Å²) in [6.07, 6.45) is 0. The highest BCUT2D eigenvalue weighted by Crippen LogP contribution is 2.08. The Morgan fingerprint density at radius 1 is 1.00 bits per heavy atom. The number of benzene rings is 1. The van der Waals surface area contributed by atoms with Gasteiger partial charge in [0.15, 0.2) is 0 Å². The molecule has 6 nitrogen and oxygen atoms in total. The number of nitrogens with zero attached hydrogens (tertiary/aromatic N) is 1. The molecule has 0 atom stereocenters. The Kier molecular flexibility index (Phi) is 4.83. The molecule has 2 rings (SSSR count). The van der Waals surface area contributed by atoms with Crippen LogP contribution in [0.3, 0.4) is 0 Å². The molecule has 0 unspecified atom stereocenters. The highest BCUT2D eigenvalue weighted by molar-refractivity contribution is 5.75. The Morgan fingerprint density at radius 3 is 2.11 bits per heavy atom. The molecule has 0 bridgehead atoms. The minimum Gasteiger partial charge on any atom is -0.274 e. The highest BCUT2D eigenvalue weighted by atomic mass is 35.7. The Balaban J connectivity index is 0.000000280. The van der Waals surface area contributed by atoms with E-state index in [1.165, 1.54) is 5.39 Å².